The van der Waals surface area contributed by atoms with E-state index in [1.54, 1.807) is 0 Å². The van der Waals surface area contributed by atoms with Gasteiger partial charge in [-0.1, -0.05) is 24.3 Å². The molecule has 3 unspecified atom stereocenters. The Labute approximate surface area is 102 Å². The van der Waals surface area contributed by atoms with Gasteiger partial charge in [0, 0.05) is 6.54 Å². The molecule has 0 heterocycles. The minimum Gasteiger partial charge on any atom is -0.312 e. The molecule has 1 N–H and O–H groups in total. The van der Waals surface area contributed by atoms with Gasteiger partial charge < -0.3 is 5.32 Å². The highest BCUT2D eigenvalue weighted by molar-refractivity contribution is 5.16. The van der Waals surface area contributed by atoms with Crippen LogP contribution in [0, 0.1) is 23.6 Å². The van der Waals surface area contributed by atoms with Crippen molar-refractivity contribution in [3.63, 3.8) is 0 Å². The highest BCUT2D eigenvalue weighted by Crippen LogP contribution is 2.42. The molecule has 2 bridgehead atoms. The molecule has 0 saturated heterocycles. The predicted octanol–water partition coefficient (Wildman–Crippen LogP) is 3.13. The summed E-state index contributed by atoms with van der Waals surface area (Å²) in [6.07, 6.45) is 7.47. The van der Waals surface area contributed by atoms with Crippen molar-refractivity contribution in [1.82, 2.24) is 5.32 Å². The van der Waals surface area contributed by atoms with E-state index in [-0.39, 0.29) is 5.82 Å². The van der Waals surface area contributed by atoms with Gasteiger partial charge in [-0.2, -0.15) is 0 Å². The van der Waals surface area contributed by atoms with Crippen molar-refractivity contribution >= 4 is 0 Å². The van der Waals surface area contributed by atoms with Crippen molar-refractivity contribution in [1.29, 1.82) is 0 Å². The zero-order valence-electron chi connectivity index (χ0n) is 9.90. The Morgan fingerprint density at radius 3 is 2.59 bits per heavy atom. The quantitative estimate of drug-likeness (QED) is 0.785. The van der Waals surface area contributed by atoms with Crippen molar-refractivity contribution in [2.45, 2.75) is 19.4 Å². The molecule has 17 heavy (non-hydrogen) atoms. The summed E-state index contributed by atoms with van der Waals surface area (Å²) in [6.45, 7) is 1.93. The van der Waals surface area contributed by atoms with Gasteiger partial charge in [0.1, 0.15) is 5.82 Å². The van der Waals surface area contributed by atoms with E-state index >= 15 is 0 Å². The molecule has 1 nitrogen and oxygen atoms in total. The number of nitrogens with one attached hydrogen (secondary N) is 1. The van der Waals surface area contributed by atoms with Crippen LogP contribution in [0.4, 0.5) is 4.39 Å². The van der Waals surface area contributed by atoms with Crippen LogP contribution in [-0.2, 0) is 6.54 Å². The van der Waals surface area contributed by atoms with Gasteiger partial charge in [-0.05, 0) is 54.8 Å². The van der Waals surface area contributed by atoms with Crippen LogP contribution in [0.3, 0.4) is 0 Å². The first-order valence-corrected chi connectivity index (χ1v) is 6.45. The van der Waals surface area contributed by atoms with E-state index < -0.39 is 0 Å². The third kappa shape index (κ3) is 2.42. The molecule has 0 spiro atoms. The highest BCUT2D eigenvalue weighted by atomic mass is 19.1. The van der Waals surface area contributed by atoms with Gasteiger partial charge in [-0.3, -0.25) is 0 Å². The maximum absolute atomic E-state index is 12.7. The zero-order chi connectivity index (χ0) is 11.7. The minimum absolute atomic E-state index is 0.160. The number of hydrogen-bond acceptors (Lipinski definition) is 1. The molecular weight excluding hydrogens is 213 g/mol. The van der Waals surface area contributed by atoms with Crippen molar-refractivity contribution in [2.75, 3.05) is 6.54 Å². The summed E-state index contributed by atoms with van der Waals surface area (Å²) in [5.74, 6) is 2.30. The Morgan fingerprint density at radius 2 is 1.94 bits per heavy atom. The summed E-state index contributed by atoms with van der Waals surface area (Å²) in [7, 11) is 0. The first-order chi connectivity index (χ1) is 8.31. The molecule has 0 radical (unpaired) electrons. The molecule has 0 aromatic heterocycles. The summed E-state index contributed by atoms with van der Waals surface area (Å²) in [4.78, 5) is 0. The van der Waals surface area contributed by atoms with E-state index in [0.717, 1.165) is 36.4 Å². The Balaban J connectivity index is 1.46. The van der Waals surface area contributed by atoms with E-state index in [1.807, 2.05) is 12.1 Å². The number of rotatable bonds is 4. The number of allylic oxidation sites excluding steroid dienone is 2. The molecule has 1 saturated carbocycles. The summed E-state index contributed by atoms with van der Waals surface area (Å²) in [5.41, 5.74) is 1.16. The lowest BCUT2D eigenvalue weighted by Gasteiger charge is -2.18. The monoisotopic (exact) mass is 231 g/mol. The van der Waals surface area contributed by atoms with Gasteiger partial charge in [0.15, 0.2) is 0 Å². The van der Waals surface area contributed by atoms with Crippen LogP contribution in [0.1, 0.15) is 18.4 Å². The second kappa shape index (κ2) is 4.61. The lowest BCUT2D eigenvalue weighted by molar-refractivity contribution is 0.414. The van der Waals surface area contributed by atoms with Gasteiger partial charge in [-0.15, -0.1) is 0 Å². The van der Waals surface area contributed by atoms with Crippen LogP contribution in [0.15, 0.2) is 36.4 Å². The Bertz CT molecular complexity index is 409. The molecule has 3 rings (SSSR count). The minimum atomic E-state index is -0.160. The second-order valence-corrected chi connectivity index (χ2v) is 5.30. The summed E-state index contributed by atoms with van der Waals surface area (Å²) >= 11 is 0. The maximum Gasteiger partial charge on any atom is 0.123 e. The third-order valence-electron chi connectivity index (χ3n) is 4.07. The van der Waals surface area contributed by atoms with Crippen LogP contribution in [0.25, 0.3) is 0 Å². The smallest absolute Gasteiger partial charge is 0.123 e. The molecule has 3 atom stereocenters. The average molecular weight is 231 g/mol. The average Bonchev–Trinajstić information content (AvgIpc) is 2.94. The van der Waals surface area contributed by atoms with Crippen LogP contribution >= 0.6 is 0 Å². The van der Waals surface area contributed by atoms with Crippen molar-refractivity contribution in [3.05, 3.63) is 47.8 Å². The fraction of sp³-hybridized carbons (Fsp3) is 0.467. The van der Waals surface area contributed by atoms with Gasteiger partial charge in [0.2, 0.25) is 0 Å². The molecule has 2 aliphatic rings. The third-order valence-corrected chi connectivity index (χ3v) is 4.07. The van der Waals surface area contributed by atoms with Gasteiger partial charge in [-0.25, -0.2) is 4.39 Å². The van der Waals surface area contributed by atoms with Crippen molar-refractivity contribution in [3.8, 4) is 0 Å². The normalized spacial score (nSPS) is 30.1. The molecule has 1 aromatic carbocycles. The fourth-order valence-electron chi connectivity index (χ4n) is 3.13. The second-order valence-electron chi connectivity index (χ2n) is 5.30. The highest BCUT2D eigenvalue weighted by Gasteiger charge is 2.34. The van der Waals surface area contributed by atoms with E-state index in [9.17, 15) is 4.39 Å². The topological polar surface area (TPSA) is 12.0 Å². The van der Waals surface area contributed by atoms with Crippen molar-refractivity contribution < 1.29 is 4.39 Å². The van der Waals surface area contributed by atoms with Crippen molar-refractivity contribution in [2.24, 2.45) is 17.8 Å². The van der Waals surface area contributed by atoms with E-state index in [1.165, 1.54) is 25.0 Å². The molecule has 90 valence electrons. The maximum atomic E-state index is 12.7. The molecule has 0 aliphatic heterocycles. The van der Waals surface area contributed by atoms with Crippen LogP contribution in [-0.4, -0.2) is 6.54 Å². The Hall–Kier alpha value is -1.15. The first-order valence-electron chi connectivity index (χ1n) is 6.45. The van der Waals surface area contributed by atoms with Gasteiger partial charge in [0.25, 0.3) is 0 Å². The van der Waals surface area contributed by atoms with E-state index in [4.69, 9.17) is 0 Å². The molecule has 2 heteroatoms. The summed E-state index contributed by atoms with van der Waals surface area (Å²) in [6, 6.07) is 6.75. The van der Waals surface area contributed by atoms with Gasteiger partial charge in [0.05, 0.1) is 0 Å². The number of halogens is 1. The summed E-state index contributed by atoms with van der Waals surface area (Å²) in [5, 5.41) is 3.49. The molecule has 1 aromatic rings. The first kappa shape index (κ1) is 11.0. The largest absolute Gasteiger partial charge is 0.312 e. The number of benzene rings is 1. The van der Waals surface area contributed by atoms with Crippen LogP contribution in [0.5, 0.6) is 0 Å². The fourth-order valence-corrected chi connectivity index (χ4v) is 3.13. The SMILES string of the molecule is Fc1ccc(CNCC2CC3C=CC2C3)cc1. The standard InChI is InChI=1S/C15H18FN/c16-15-5-2-11(3-6-15)9-17-10-14-8-12-1-4-13(14)7-12/h1-6,12-14,17H,7-10H2. The summed E-state index contributed by atoms with van der Waals surface area (Å²) < 4.78 is 12.7. The molecule has 2 aliphatic carbocycles. The van der Waals surface area contributed by atoms with Gasteiger partial charge >= 0.3 is 0 Å². The molecule has 0 amide bonds. The van der Waals surface area contributed by atoms with Crippen LogP contribution < -0.4 is 5.32 Å². The molecule has 1 fully saturated rings. The molecular formula is C15H18FN. The van der Waals surface area contributed by atoms with E-state index in [0.29, 0.717) is 0 Å². The lowest BCUT2D eigenvalue weighted by atomic mass is 9.93. The predicted molar refractivity (Wildman–Crippen MR) is 67.0 cm³/mol. The number of hydrogen-bond donors (Lipinski definition) is 1. The number of fused-ring (bicyclic) bond motifs is 2. The Kier molecular flexibility index (Phi) is 2.98. The van der Waals surface area contributed by atoms with Crippen LogP contribution in [0.2, 0.25) is 0 Å². The lowest BCUT2D eigenvalue weighted by Crippen LogP contribution is -2.25. The Morgan fingerprint density at radius 1 is 1.12 bits per heavy atom. The zero-order valence-corrected chi connectivity index (χ0v) is 9.90. The van der Waals surface area contributed by atoms with E-state index in [2.05, 4.69) is 17.5 Å².